The third-order valence-corrected chi connectivity index (χ3v) is 3.98. The molecule has 7 heteroatoms. The number of aromatic nitrogens is 3. The average molecular weight is 360 g/mol. The molecule has 0 radical (unpaired) electrons. The second-order valence-electron chi connectivity index (χ2n) is 5.84. The maximum absolute atomic E-state index is 12.4. The zero-order valence-electron chi connectivity index (χ0n) is 14.5. The van der Waals surface area contributed by atoms with Gasteiger partial charge < -0.3 is 14.4 Å². The molecule has 27 heavy (non-hydrogen) atoms. The number of aryl methyl sites for hydroxylation is 1. The number of nitrogens with one attached hydrogen (secondary N) is 1. The molecular formula is C20H16N4O3. The summed E-state index contributed by atoms with van der Waals surface area (Å²) in [5, 5.41) is 10.5. The van der Waals surface area contributed by atoms with Gasteiger partial charge in [0.1, 0.15) is 0 Å². The molecule has 0 unspecified atom stereocenters. The largest absolute Gasteiger partial charge is 0.355 e. The van der Waals surface area contributed by atoms with E-state index in [0.717, 1.165) is 11.1 Å². The molecule has 0 bridgehead atoms. The highest BCUT2D eigenvalue weighted by atomic mass is 16.5. The van der Waals surface area contributed by atoms with Crippen LogP contribution in [-0.4, -0.2) is 21.2 Å². The third kappa shape index (κ3) is 3.62. The van der Waals surface area contributed by atoms with Crippen LogP contribution in [0.4, 0.5) is 5.69 Å². The molecule has 0 fully saturated rings. The molecule has 2 heterocycles. The lowest BCUT2D eigenvalue weighted by Crippen LogP contribution is -2.11. The van der Waals surface area contributed by atoms with E-state index in [-0.39, 0.29) is 11.6 Å². The van der Waals surface area contributed by atoms with Crippen LogP contribution in [0.5, 0.6) is 0 Å². The average Bonchev–Trinajstić information content (AvgIpc) is 3.39. The van der Waals surface area contributed by atoms with Crippen molar-refractivity contribution in [3.8, 4) is 22.8 Å². The summed E-state index contributed by atoms with van der Waals surface area (Å²) in [7, 11) is 0. The third-order valence-electron chi connectivity index (χ3n) is 3.98. The molecule has 2 aromatic carbocycles. The quantitative estimate of drug-likeness (QED) is 0.573. The standard InChI is InChI=1S/C20H16N4O3/c1-2-18-22-20(27-24-18)14-8-10-15(11-9-14)21-19(25)16-12-17(26-23-16)13-6-4-3-5-7-13/h3-12H,2H2,1H3,(H,21,25). The molecule has 0 atom stereocenters. The van der Waals surface area contributed by atoms with Crippen molar-refractivity contribution in [2.45, 2.75) is 13.3 Å². The van der Waals surface area contributed by atoms with Gasteiger partial charge in [-0.05, 0) is 24.3 Å². The van der Waals surface area contributed by atoms with Gasteiger partial charge in [0.25, 0.3) is 11.8 Å². The van der Waals surface area contributed by atoms with Crippen molar-refractivity contribution in [3.63, 3.8) is 0 Å². The Morgan fingerprint density at radius 3 is 2.44 bits per heavy atom. The van der Waals surface area contributed by atoms with E-state index in [1.807, 2.05) is 37.3 Å². The summed E-state index contributed by atoms with van der Waals surface area (Å²) in [6, 6.07) is 18.2. The Morgan fingerprint density at radius 1 is 0.963 bits per heavy atom. The summed E-state index contributed by atoms with van der Waals surface area (Å²) in [6.07, 6.45) is 0.709. The number of amides is 1. The van der Waals surface area contributed by atoms with Gasteiger partial charge in [-0.1, -0.05) is 47.6 Å². The van der Waals surface area contributed by atoms with E-state index >= 15 is 0 Å². The predicted molar refractivity (Wildman–Crippen MR) is 99.0 cm³/mol. The van der Waals surface area contributed by atoms with Gasteiger partial charge in [-0.2, -0.15) is 4.98 Å². The zero-order valence-corrected chi connectivity index (χ0v) is 14.5. The van der Waals surface area contributed by atoms with Crippen molar-refractivity contribution in [3.05, 3.63) is 72.2 Å². The molecule has 1 amide bonds. The zero-order chi connectivity index (χ0) is 18.6. The van der Waals surface area contributed by atoms with Crippen molar-refractivity contribution < 1.29 is 13.8 Å². The van der Waals surface area contributed by atoms with Crippen LogP contribution < -0.4 is 5.32 Å². The molecule has 0 aliphatic heterocycles. The van der Waals surface area contributed by atoms with E-state index < -0.39 is 0 Å². The molecule has 2 aromatic heterocycles. The van der Waals surface area contributed by atoms with Gasteiger partial charge in [-0.3, -0.25) is 4.79 Å². The second kappa shape index (κ2) is 7.25. The van der Waals surface area contributed by atoms with Gasteiger partial charge in [0.15, 0.2) is 17.3 Å². The number of nitrogens with zero attached hydrogens (tertiary/aromatic N) is 3. The molecule has 134 valence electrons. The van der Waals surface area contributed by atoms with Crippen LogP contribution in [0.1, 0.15) is 23.2 Å². The minimum absolute atomic E-state index is 0.211. The smallest absolute Gasteiger partial charge is 0.277 e. The Balaban J connectivity index is 1.46. The van der Waals surface area contributed by atoms with E-state index in [4.69, 9.17) is 9.05 Å². The minimum Gasteiger partial charge on any atom is -0.355 e. The highest BCUT2D eigenvalue weighted by Gasteiger charge is 2.14. The van der Waals surface area contributed by atoms with Crippen molar-refractivity contribution in [1.29, 1.82) is 0 Å². The van der Waals surface area contributed by atoms with Crippen molar-refractivity contribution in [2.24, 2.45) is 0 Å². The first-order chi connectivity index (χ1) is 13.2. The summed E-state index contributed by atoms with van der Waals surface area (Å²) in [6.45, 7) is 1.96. The lowest BCUT2D eigenvalue weighted by Gasteiger charge is -2.03. The van der Waals surface area contributed by atoms with E-state index in [1.165, 1.54) is 0 Å². The molecule has 0 saturated carbocycles. The fourth-order valence-corrected chi connectivity index (χ4v) is 2.53. The number of carbonyl (C=O) groups excluding carboxylic acids is 1. The van der Waals surface area contributed by atoms with Gasteiger partial charge in [0.2, 0.25) is 0 Å². The highest BCUT2D eigenvalue weighted by Crippen LogP contribution is 2.22. The first kappa shape index (κ1) is 16.7. The summed E-state index contributed by atoms with van der Waals surface area (Å²) in [5.74, 6) is 1.30. The van der Waals surface area contributed by atoms with Crippen molar-refractivity contribution >= 4 is 11.6 Å². The fraction of sp³-hybridized carbons (Fsp3) is 0.100. The van der Waals surface area contributed by atoms with Crippen molar-refractivity contribution in [2.75, 3.05) is 5.32 Å². The van der Waals surface area contributed by atoms with Gasteiger partial charge in [-0.15, -0.1) is 0 Å². The SMILES string of the molecule is CCc1noc(-c2ccc(NC(=O)c3cc(-c4ccccc4)on3)cc2)n1. The van der Waals surface area contributed by atoms with Crippen molar-refractivity contribution in [1.82, 2.24) is 15.3 Å². The van der Waals surface area contributed by atoms with Gasteiger partial charge >= 0.3 is 0 Å². The Hall–Kier alpha value is -3.74. The Bertz CT molecular complexity index is 1050. The molecule has 4 rings (SSSR count). The van der Waals surface area contributed by atoms with E-state index in [0.29, 0.717) is 29.6 Å². The molecule has 4 aromatic rings. The van der Waals surface area contributed by atoms with Crippen LogP contribution in [0.25, 0.3) is 22.8 Å². The Kier molecular flexibility index (Phi) is 4.49. The molecule has 0 saturated heterocycles. The number of hydrogen-bond donors (Lipinski definition) is 1. The van der Waals surface area contributed by atoms with Crippen LogP contribution in [0.3, 0.4) is 0 Å². The van der Waals surface area contributed by atoms with Gasteiger partial charge in [0.05, 0.1) is 0 Å². The molecule has 0 aliphatic carbocycles. The first-order valence-electron chi connectivity index (χ1n) is 8.49. The molecule has 0 aliphatic rings. The van der Waals surface area contributed by atoms with Crippen LogP contribution in [-0.2, 0) is 6.42 Å². The van der Waals surface area contributed by atoms with Crippen LogP contribution in [0.2, 0.25) is 0 Å². The summed E-state index contributed by atoms with van der Waals surface area (Å²) >= 11 is 0. The Morgan fingerprint density at radius 2 is 1.74 bits per heavy atom. The van der Waals surface area contributed by atoms with Gasteiger partial charge in [0, 0.05) is 29.3 Å². The lowest BCUT2D eigenvalue weighted by molar-refractivity contribution is 0.101. The molecule has 0 spiro atoms. The maximum atomic E-state index is 12.4. The van der Waals surface area contributed by atoms with E-state index in [9.17, 15) is 4.79 Å². The lowest BCUT2D eigenvalue weighted by atomic mass is 10.1. The Labute approximate surface area is 155 Å². The van der Waals surface area contributed by atoms with Crippen LogP contribution in [0, 0.1) is 0 Å². The predicted octanol–water partition coefficient (Wildman–Crippen LogP) is 4.21. The first-order valence-corrected chi connectivity index (χ1v) is 8.49. The highest BCUT2D eigenvalue weighted by molar-refractivity contribution is 6.03. The number of hydrogen-bond acceptors (Lipinski definition) is 6. The fourth-order valence-electron chi connectivity index (χ4n) is 2.53. The van der Waals surface area contributed by atoms with Gasteiger partial charge in [-0.25, -0.2) is 0 Å². The normalized spacial score (nSPS) is 10.7. The topological polar surface area (TPSA) is 94.1 Å². The number of carbonyl (C=O) groups is 1. The van der Waals surface area contributed by atoms with E-state index in [2.05, 4.69) is 20.6 Å². The molecule has 7 nitrogen and oxygen atoms in total. The number of benzene rings is 2. The van der Waals surface area contributed by atoms with Crippen LogP contribution in [0.15, 0.2) is 69.7 Å². The molecular weight excluding hydrogens is 344 g/mol. The minimum atomic E-state index is -0.347. The van der Waals surface area contributed by atoms with E-state index in [1.54, 1.807) is 30.3 Å². The summed E-state index contributed by atoms with van der Waals surface area (Å²) in [4.78, 5) is 16.7. The van der Waals surface area contributed by atoms with Crippen LogP contribution >= 0.6 is 0 Å². The summed E-state index contributed by atoms with van der Waals surface area (Å²) in [5.41, 5.74) is 2.48. The molecule has 1 N–H and O–H groups in total. The number of rotatable bonds is 5. The monoisotopic (exact) mass is 360 g/mol. The maximum Gasteiger partial charge on any atom is 0.277 e. The summed E-state index contributed by atoms with van der Waals surface area (Å²) < 4.78 is 10.5. The second-order valence-corrected chi connectivity index (χ2v) is 5.84. The number of anilines is 1.